The van der Waals surface area contributed by atoms with Crippen LogP contribution in [0.1, 0.15) is 12.5 Å². The average Bonchev–Trinajstić information content (AvgIpc) is 2.96. The molecule has 1 aromatic carbocycles. The van der Waals surface area contributed by atoms with Crippen LogP contribution in [0.2, 0.25) is 0 Å². The van der Waals surface area contributed by atoms with Crippen LogP contribution in [0.15, 0.2) is 34.2 Å². The van der Waals surface area contributed by atoms with Gasteiger partial charge < -0.3 is 14.5 Å². The molecule has 2 heterocycles. The second-order valence-corrected chi connectivity index (χ2v) is 6.59. The standard InChI is InChI=1S/C17H19N3O3S/c1-12(21)19-7-9-20(10-8-19)17-18-16(22)15(24-17)11-13-3-5-14(23-2)6-4-13/h3-6,11H,7-10H2,1-2H3/b15-11+. The van der Waals surface area contributed by atoms with Crippen LogP contribution in [0.25, 0.3) is 6.08 Å². The van der Waals surface area contributed by atoms with Crippen molar-refractivity contribution in [2.45, 2.75) is 6.92 Å². The smallest absolute Gasteiger partial charge is 0.286 e. The van der Waals surface area contributed by atoms with Gasteiger partial charge in [0.05, 0.1) is 12.0 Å². The van der Waals surface area contributed by atoms with Gasteiger partial charge in [0.2, 0.25) is 5.91 Å². The van der Waals surface area contributed by atoms with Crippen LogP contribution in [0.3, 0.4) is 0 Å². The molecule has 6 nitrogen and oxygen atoms in total. The molecule has 0 radical (unpaired) electrons. The monoisotopic (exact) mass is 345 g/mol. The molecule has 0 unspecified atom stereocenters. The first-order valence-electron chi connectivity index (χ1n) is 7.74. The third kappa shape index (κ3) is 3.62. The maximum atomic E-state index is 12.1. The maximum Gasteiger partial charge on any atom is 0.286 e. The molecule has 0 aromatic heterocycles. The molecule has 2 amide bonds. The highest BCUT2D eigenvalue weighted by Crippen LogP contribution is 2.30. The largest absolute Gasteiger partial charge is 0.497 e. The van der Waals surface area contributed by atoms with Crippen molar-refractivity contribution in [3.8, 4) is 5.75 Å². The molecule has 0 bridgehead atoms. The van der Waals surface area contributed by atoms with Crippen LogP contribution in [0.5, 0.6) is 5.75 Å². The van der Waals surface area contributed by atoms with Crippen molar-refractivity contribution in [1.82, 2.24) is 9.80 Å². The first-order valence-corrected chi connectivity index (χ1v) is 8.55. The predicted octanol–water partition coefficient (Wildman–Crippen LogP) is 1.83. The number of amides is 2. The van der Waals surface area contributed by atoms with E-state index < -0.39 is 0 Å². The normalized spacial score (nSPS) is 19.7. The molecule has 1 aromatic rings. The Morgan fingerprint density at radius 3 is 2.46 bits per heavy atom. The van der Waals surface area contributed by atoms with Crippen LogP contribution in [-0.2, 0) is 9.59 Å². The zero-order valence-electron chi connectivity index (χ0n) is 13.7. The number of carbonyl (C=O) groups excluding carboxylic acids is 2. The van der Waals surface area contributed by atoms with Crippen molar-refractivity contribution in [1.29, 1.82) is 0 Å². The molecule has 0 spiro atoms. The SMILES string of the molecule is COc1ccc(/C=C2/SC(N3CCN(C(C)=O)CC3)=NC2=O)cc1. The number of rotatable bonds is 2. The maximum absolute atomic E-state index is 12.1. The first-order chi connectivity index (χ1) is 11.6. The third-order valence-corrected chi connectivity index (χ3v) is 5.06. The Hall–Kier alpha value is -2.28. The van der Waals surface area contributed by atoms with Crippen molar-refractivity contribution < 1.29 is 14.3 Å². The first kappa shape index (κ1) is 16.6. The summed E-state index contributed by atoms with van der Waals surface area (Å²) in [4.78, 5) is 32.2. The van der Waals surface area contributed by atoms with Crippen LogP contribution in [0, 0.1) is 0 Å². The zero-order chi connectivity index (χ0) is 17.1. The predicted molar refractivity (Wildman–Crippen MR) is 94.8 cm³/mol. The number of benzene rings is 1. The third-order valence-electron chi connectivity index (χ3n) is 4.02. The van der Waals surface area contributed by atoms with Gasteiger partial charge in [-0.05, 0) is 35.5 Å². The fourth-order valence-corrected chi connectivity index (χ4v) is 3.56. The quantitative estimate of drug-likeness (QED) is 0.765. The summed E-state index contributed by atoms with van der Waals surface area (Å²) in [7, 11) is 1.62. The van der Waals surface area contributed by atoms with Gasteiger partial charge in [-0.3, -0.25) is 9.59 Å². The molecule has 7 heteroatoms. The number of nitrogens with zero attached hydrogens (tertiary/aromatic N) is 3. The molecule has 1 fully saturated rings. The fourth-order valence-electron chi connectivity index (χ4n) is 2.60. The summed E-state index contributed by atoms with van der Waals surface area (Å²) >= 11 is 1.39. The Bertz CT molecular complexity index is 704. The molecule has 0 N–H and O–H groups in total. The van der Waals surface area contributed by atoms with Gasteiger partial charge in [-0.1, -0.05) is 12.1 Å². The number of methoxy groups -OCH3 is 1. The number of ether oxygens (including phenoxy) is 1. The Balaban J connectivity index is 1.65. The van der Waals surface area contributed by atoms with Crippen LogP contribution < -0.4 is 4.74 Å². The zero-order valence-corrected chi connectivity index (χ0v) is 14.5. The summed E-state index contributed by atoms with van der Waals surface area (Å²) in [5, 5.41) is 0.725. The van der Waals surface area contributed by atoms with Gasteiger partial charge in [-0.15, -0.1) is 0 Å². The highest BCUT2D eigenvalue weighted by atomic mass is 32.2. The van der Waals surface area contributed by atoms with Gasteiger partial charge in [0, 0.05) is 33.1 Å². The van der Waals surface area contributed by atoms with Crippen molar-refractivity contribution in [3.05, 3.63) is 34.7 Å². The van der Waals surface area contributed by atoms with E-state index in [4.69, 9.17) is 4.74 Å². The Morgan fingerprint density at radius 2 is 1.88 bits per heavy atom. The lowest BCUT2D eigenvalue weighted by Gasteiger charge is -2.34. The summed E-state index contributed by atoms with van der Waals surface area (Å²) in [6.45, 7) is 4.32. The molecule has 0 atom stereocenters. The lowest BCUT2D eigenvalue weighted by atomic mass is 10.2. The molecular weight excluding hydrogens is 326 g/mol. The van der Waals surface area contributed by atoms with E-state index in [-0.39, 0.29) is 11.8 Å². The molecule has 2 aliphatic heterocycles. The minimum atomic E-state index is -0.209. The molecule has 126 valence electrons. The molecule has 24 heavy (non-hydrogen) atoms. The fraction of sp³-hybridized carbons (Fsp3) is 0.353. The van der Waals surface area contributed by atoms with Gasteiger partial charge >= 0.3 is 0 Å². The van der Waals surface area contributed by atoms with Gasteiger partial charge in [0.1, 0.15) is 5.75 Å². The van der Waals surface area contributed by atoms with Crippen molar-refractivity contribution >= 4 is 34.8 Å². The molecule has 0 aliphatic carbocycles. The van der Waals surface area contributed by atoms with Crippen molar-refractivity contribution in [3.63, 3.8) is 0 Å². The molecular formula is C17H19N3O3S. The van der Waals surface area contributed by atoms with E-state index in [9.17, 15) is 9.59 Å². The number of amidine groups is 1. The van der Waals surface area contributed by atoms with Crippen molar-refractivity contribution in [2.24, 2.45) is 4.99 Å². The highest BCUT2D eigenvalue weighted by Gasteiger charge is 2.28. The Labute approximate surface area is 145 Å². The number of hydrogen-bond acceptors (Lipinski definition) is 5. The van der Waals surface area contributed by atoms with E-state index in [1.807, 2.05) is 35.2 Å². The summed E-state index contributed by atoms with van der Waals surface area (Å²) in [6, 6.07) is 7.53. The minimum Gasteiger partial charge on any atom is -0.497 e. The lowest BCUT2D eigenvalue weighted by Crippen LogP contribution is -2.49. The summed E-state index contributed by atoms with van der Waals surface area (Å²) < 4.78 is 5.13. The van der Waals surface area contributed by atoms with Crippen molar-refractivity contribution in [2.75, 3.05) is 33.3 Å². The number of aliphatic imine (C=N–C) groups is 1. The number of carbonyl (C=O) groups is 2. The van der Waals surface area contributed by atoms with Gasteiger partial charge in [0.15, 0.2) is 5.17 Å². The second kappa shape index (κ2) is 7.09. The summed E-state index contributed by atoms with van der Waals surface area (Å²) in [5.74, 6) is 0.662. The van der Waals surface area contributed by atoms with Gasteiger partial charge in [0.25, 0.3) is 5.91 Å². The van der Waals surface area contributed by atoms with E-state index in [1.165, 1.54) is 11.8 Å². The van der Waals surface area contributed by atoms with E-state index in [0.717, 1.165) is 16.5 Å². The number of thioether (sulfide) groups is 1. The number of hydrogen-bond donors (Lipinski definition) is 0. The van der Waals surface area contributed by atoms with E-state index >= 15 is 0 Å². The summed E-state index contributed by atoms with van der Waals surface area (Å²) in [6.07, 6.45) is 1.84. The van der Waals surface area contributed by atoms with E-state index in [0.29, 0.717) is 31.1 Å². The van der Waals surface area contributed by atoms with E-state index in [1.54, 1.807) is 14.0 Å². The molecule has 3 rings (SSSR count). The Morgan fingerprint density at radius 1 is 1.21 bits per heavy atom. The molecule has 1 saturated heterocycles. The van der Waals surface area contributed by atoms with E-state index in [2.05, 4.69) is 9.89 Å². The highest BCUT2D eigenvalue weighted by molar-refractivity contribution is 8.18. The van der Waals surface area contributed by atoms with Crippen LogP contribution in [-0.4, -0.2) is 60.1 Å². The Kier molecular flexibility index (Phi) is 4.89. The number of piperazine rings is 1. The van der Waals surface area contributed by atoms with Crippen LogP contribution >= 0.6 is 11.8 Å². The van der Waals surface area contributed by atoms with Gasteiger partial charge in [-0.2, -0.15) is 4.99 Å². The molecule has 0 saturated carbocycles. The second-order valence-electron chi connectivity index (χ2n) is 5.58. The topological polar surface area (TPSA) is 62.2 Å². The lowest BCUT2D eigenvalue weighted by molar-refractivity contribution is -0.130. The van der Waals surface area contributed by atoms with Crippen LogP contribution in [0.4, 0.5) is 0 Å². The average molecular weight is 345 g/mol. The minimum absolute atomic E-state index is 0.0897. The molecule has 2 aliphatic rings. The van der Waals surface area contributed by atoms with Gasteiger partial charge in [-0.25, -0.2) is 0 Å². The summed E-state index contributed by atoms with van der Waals surface area (Å²) in [5.41, 5.74) is 0.935.